The number of aldehydes is 1. The third-order valence-electron chi connectivity index (χ3n) is 8.17. The Morgan fingerprint density at radius 3 is 2.33 bits per heavy atom. The van der Waals surface area contributed by atoms with E-state index in [1.54, 1.807) is 20.8 Å². The highest BCUT2D eigenvalue weighted by atomic mass is 16.7. The van der Waals surface area contributed by atoms with Crippen LogP contribution in [0.15, 0.2) is 11.3 Å². The molecule has 10 heteroatoms. The lowest BCUT2D eigenvalue weighted by atomic mass is 9.49. The van der Waals surface area contributed by atoms with Crippen LogP contribution in [0.25, 0.3) is 0 Å². The van der Waals surface area contributed by atoms with E-state index in [1.807, 2.05) is 0 Å². The monoisotopic (exact) mass is 424 g/mol. The summed E-state index contributed by atoms with van der Waals surface area (Å²) in [5.74, 6) is -3.64. The lowest BCUT2D eigenvalue weighted by molar-refractivity contribution is -0.312. The summed E-state index contributed by atoms with van der Waals surface area (Å²) < 4.78 is 28.2. The van der Waals surface area contributed by atoms with E-state index in [-0.39, 0.29) is 11.3 Å². The van der Waals surface area contributed by atoms with Crippen LogP contribution in [0.5, 0.6) is 0 Å². The summed E-state index contributed by atoms with van der Waals surface area (Å²) >= 11 is 0. The summed E-state index contributed by atoms with van der Waals surface area (Å²) in [5.41, 5.74) is -7.35. The molecule has 2 saturated carbocycles. The van der Waals surface area contributed by atoms with Gasteiger partial charge in [0.1, 0.15) is 41.0 Å². The number of hydrogen-bond acceptors (Lipinski definition) is 10. The quantitative estimate of drug-likeness (QED) is 0.246. The van der Waals surface area contributed by atoms with Gasteiger partial charge >= 0.3 is 11.9 Å². The number of rotatable bonds is 4. The van der Waals surface area contributed by atoms with Crippen molar-refractivity contribution in [2.24, 2.45) is 17.3 Å². The molecular weight excluding hydrogens is 400 g/mol. The smallest absolute Gasteiger partial charge is 0.346 e. The first-order valence-electron chi connectivity index (χ1n) is 9.84. The Labute approximate surface area is 172 Å². The number of methoxy groups -OCH3 is 2. The van der Waals surface area contributed by atoms with Crippen LogP contribution in [0.4, 0.5) is 0 Å². The van der Waals surface area contributed by atoms with Crippen molar-refractivity contribution in [1.29, 1.82) is 0 Å². The number of fused-ring (bicyclic) bond motifs is 8. The van der Waals surface area contributed by atoms with Gasteiger partial charge in [-0.1, -0.05) is 13.8 Å². The van der Waals surface area contributed by atoms with Gasteiger partial charge in [-0.2, -0.15) is 0 Å². The summed E-state index contributed by atoms with van der Waals surface area (Å²) in [6.07, 6.45) is -3.76. The minimum Gasteiger partial charge on any atom is -0.496 e. The van der Waals surface area contributed by atoms with Gasteiger partial charge < -0.3 is 33.9 Å². The molecule has 9 atom stereocenters. The predicted octanol–water partition coefficient (Wildman–Crippen LogP) is -1.14. The van der Waals surface area contributed by atoms with E-state index in [0.29, 0.717) is 6.29 Å². The average molecular weight is 424 g/mol. The number of carbonyl (C=O) groups is 3. The Morgan fingerprint density at radius 1 is 1.13 bits per heavy atom. The second-order valence-corrected chi connectivity index (χ2v) is 9.18. The molecule has 3 heterocycles. The lowest BCUT2D eigenvalue weighted by Crippen LogP contribution is -2.79. The van der Waals surface area contributed by atoms with Gasteiger partial charge in [0, 0.05) is 7.11 Å². The van der Waals surface area contributed by atoms with Crippen molar-refractivity contribution in [3.63, 3.8) is 0 Å². The highest BCUT2D eigenvalue weighted by Crippen LogP contribution is 2.76. The molecule has 2 aliphatic carbocycles. The second-order valence-electron chi connectivity index (χ2n) is 9.18. The zero-order valence-corrected chi connectivity index (χ0v) is 17.2. The second kappa shape index (κ2) is 5.42. The molecule has 3 aliphatic heterocycles. The van der Waals surface area contributed by atoms with Crippen molar-refractivity contribution in [2.45, 2.75) is 62.0 Å². The number of hydrogen-bond donors (Lipinski definition) is 2. The van der Waals surface area contributed by atoms with Crippen LogP contribution >= 0.6 is 0 Å². The fraction of sp³-hybridized carbons (Fsp3) is 0.750. The van der Waals surface area contributed by atoms with Crippen LogP contribution in [0.2, 0.25) is 0 Å². The molecule has 0 radical (unpaired) electrons. The van der Waals surface area contributed by atoms with Crippen LogP contribution in [0.3, 0.4) is 0 Å². The first kappa shape index (κ1) is 19.9. The van der Waals surface area contributed by atoms with Gasteiger partial charge in [0.05, 0.1) is 12.5 Å². The third-order valence-corrected chi connectivity index (χ3v) is 8.17. The third kappa shape index (κ3) is 1.59. The maximum Gasteiger partial charge on any atom is 0.346 e. The molecule has 9 unspecified atom stereocenters. The summed E-state index contributed by atoms with van der Waals surface area (Å²) in [4.78, 5) is 37.2. The summed E-state index contributed by atoms with van der Waals surface area (Å²) in [6, 6.07) is 0. The van der Waals surface area contributed by atoms with Gasteiger partial charge in [-0.05, 0) is 12.8 Å². The van der Waals surface area contributed by atoms with E-state index in [2.05, 4.69) is 0 Å². The molecule has 2 bridgehead atoms. The van der Waals surface area contributed by atoms with E-state index in [9.17, 15) is 24.6 Å². The van der Waals surface area contributed by atoms with Crippen molar-refractivity contribution in [3.8, 4) is 0 Å². The minimum absolute atomic E-state index is 0.0858. The topological polar surface area (TPSA) is 141 Å². The summed E-state index contributed by atoms with van der Waals surface area (Å²) in [6.45, 7) is 5.03. The summed E-state index contributed by atoms with van der Waals surface area (Å²) in [5, 5.41) is 23.8. The molecule has 4 fully saturated rings. The van der Waals surface area contributed by atoms with Gasteiger partial charge in [0.25, 0.3) is 0 Å². The first-order valence-corrected chi connectivity index (χ1v) is 9.84. The molecule has 0 aromatic heterocycles. The van der Waals surface area contributed by atoms with Crippen LogP contribution in [-0.2, 0) is 38.1 Å². The number of esters is 2. The van der Waals surface area contributed by atoms with Crippen molar-refractivity contribution in [1.82, 2.24) is 0 Å². The normalized spacial score (nSPS) is 53.0. The fourth-order valence-corrected chi connectivity index (χ4v) is 6.78. The molecule has 2 saturated heterocycles. The lowest BCUT2D eigenvalue weighted by Gasteiger charge is -2.60. The van der Waals surface area contributed by atoms with Crippen LogP contribution in [0, 0.1) is 17.3 Å². The summed E-state index contributed by atoms with van der Waals surface area (Å²) in [7, 11) is 2.64. The van der Waals surface area contributed by atoms with E-state index in [0.717, 1.165) is 0 Å². The highest BCUT2D eigenvalue weighted by molar-refractivity contribution is 6.10. The number of ether oxygens (including phenoxy) is 5. The molecule has 1 spiro atoms. The van der Waals surface area contributed by atoms with Crippen molar-refractivity contribution >= 4 is 18.2 Å². The molecule has 0 aromatic rings. The number of aliphatic hydroxyl groups is 2. The van der Waals surface area contributed by atoms with Crippen molar-refractivity contribution in [2.75, 3.05) is 14.2 Å². The first-order chi connectivity index (χ1) is 14.0. The maximum atomic E-state index is 13.0. The molecule has 0 amide bonds. The van der Waals surface area contributed by atoms with E-state index in [4.69, 9.17) is 23.7 Å². The highest BCUT2D eigenvalue weighted by Gasteiger charge is 2.96. The van der Waals surface area contributed by atoms with Gasteiger partial charge in [0.2, 0.25) is 5.60 Å². The van der Waals surface area contributed by atoms with E-state index in [1.165, 1.54) is 14.2 Å². The fourth-order valence-electron chi connectivity index (χ4n) is 6.78. The molecule has 5 aliphatic rings. The minimum atomic E-state index is -2.02. The van der Waals surface area contributed by atoms with Crippen LogP contribution < -0.4 is 0 Å². The number of epoxide rings is 1. The van der Waals surface area contributed by atoms with Gasteiger partial charge in [-0.3, -0.25) is 9.59 Å². The Balaban J connectivity index is 1.83. The Hall–Kier alpha value is -2.01. The van der Waals surface area contributed by atoms with Gasteiger partial charge in [-0.15, -0.1) is 0 Å². The number of carbonyl (C=O) groups excluding carboxylic acids is 3. The Kier molecular flexibility index (Phi) is 3.60. The average Bonchev–Trinajstić information content (AvgIpc) is 3.35. The molecule has 10 nitrogen and oxygen atoms in total. The van der Waals surface area contributed by atoms with Crippen molar-refractivity contribution < 1.29 is 48.3 Å². The van der Waals surface area contributed by atoms with Crippen LogP contribution in [0.1, 0.15) is 20.8 Å². The molecule has 164 valence electrons. The zero-order chi connectivity index (χ0) is 22.0. The SMILES string of the molecule is COC1=C(C=O)C(=O)OC12C1OC1C1(O)C3C(=O)OC(C(OC)C21C)C3(O)C(C)C. The van der Waals surface area contributed by atoms with E-state index >= 15 is 0 Å². The molecule has 2 N–H and O–H groups in total. The van der Waals surface area contributed by atoms with Crippen LogP contribution in [-0.4, -0.2) is 83.9 Å². The van der Waals surface area contributed by atoms with Gasteiger partial charge in [0.15, 0.2) is 18.1 Å². The molecule has 30 heavy (non-hydrogen) atoms. The van der Waals surface area contributed by atoms with Gasteiger partial charge in [-0.25, -0.2) is 4.79 Å². The Bertz CT molecular complexity index is 911. The Morgan fingerprint density at radius 2 is 1.80 bits per heavy atom. The molecule has 0 aromatic carbocycles. The molecule has 5 rings (SSSR count). The van der Waals surface area contributed by atoms with Crippen molar-refractivity contribution in [3.05, 3.63) is 11.3 Å². The largest absolute Gasteiger partial charge is 0.496 e. The zero-order valence-electron chi connectivity index (χ0n) is 17.2. The molecular formula is C20H24O10. The van der Waals surface area contributed by atoms with E-state index < -0.39 is 70.4 Å². The standard InChI is InChI=1S/C20H24O10/c1-7(2)18(24)9-16(23)29-12(18)11(27-5)17(3)19(9,25)13-14(28-13)20(17)10(26-4)8(6-21)15(22)30-20/h6-7,9,11-14,24-25H,1-5H3. The predicted molar refractivity (Wildman–Crippen MR) is 94.6 cm³/mol. The maximum absolute atomic E-state index is 13.0.